The molecule has 2 saturated heterocycles. The zero-order valence-electron chi connectivity index (χ0n) is 29.6. The molecule has 0 unspecified atom stereocenters. The number of benzene rings is 2. The normalized spacial score (nSPS) is 26.4. The van der Waals surface area contributed by atoms with Crippen molar-refractivity contribution < 1.29 is 29.0 Å². The fourth-order valence-corrected chi connectivity index (χ4v) is 12.0. The molecule has 3 fully saturated rings. The molecule has 54 heavy (non-hydrogen) atoms. The van der Waals surface area contributed by atoms with Gasteiger partial charge in [0.05, 0.1) is 41.7 Å². The summed E-state index contributed by atoms with van der Waals surface area (Å²) < 4.78 is 8.77. The van der Waals surface area contributed by atoms with Gasteiger partial charge >= 0.3 is 0 Å². The number of phenolic OH excluding ortho intramolecular Hbond substituents is 1. The molecule has 2 aromatic carbocycles. The Hall–Kier alpha value is -4.30. The van der Waals surface area contributed by atoms with Crippen molar-refractivity contribution in [3.63, 3.8) is 0 Å². The lowest BCUT2D eigenvalue weighted by molar-refractivity contribution is -0.141. The summed E-state index contributed by atoms with van der Waals surface area (Å²) in [5, 5.41) is 20.1. The molecule has 14 heteroatoms. The van der Waals surface area contributed by atoms with Gasteiger partial charge in [-0.05, 0) is 85.3 Å². The summed E-state index contributed by atoms with van der Waals surface area (Å²) in [6, 6.07) is 14.7. The van der Waals surface area contributed by atoms with Gasteiger partial charge in [0.2, 0.25) is 23.6 Å². The molecule has 5 aromatic rings. The number of likely N-dealkylation sites (tertiary alicyclic amines) is 1. The van der Waals surface area contributed by atoms with Gasteiger partial charge in [-0.3, -0.25) is 28.8 Å². The van der Waals surface area contributed by atoms with Crippen molar-refractivity contribution in [3.05, 3.63) is 91.1 Å². The van der Waals surface area contributed by atoms with E-state index in [0.717, 1.165) is 31.0 Å². The Kier molecular flexibility index (Phi) is 8.27. The van der Waals surface area contributed by atoms with Crippen LogP contribution in [0.5, 0.6) is 11.5 Å². The highest BCUT2D eigenvalue weighted by Gasteiger charge is 2.68. The Morgan fingerprint density at radius 3 is 2.61 bits per heavy atom. The number of halogens is 2. The van der Waals surface area contributed by atoms with Crippen LogP contribution in [0.1, 0.15) is 41.7 Å². The lowest BCUT2D eigenvalue weighted by atomic mass is 9.51. The van der Waals surface area contributed by atoms with E-state index < -0.39 is 46.8 Å². The van der Waals surface area contributed by atoms with Crippen molar-refractivity contribution >= 4 is 89.7 Å². The average Bonchev–Trinajstić information content (AvgIpc) is 3.95. The Morgan fingerprint density at radius 2 is 1.87 bits per heavy atom. The van der Waals surface area contributed by atoms with E-state index in [2.05, 4.69) is 15.9 Å². The van der Waals surface area contributed by atoms with Gasteiger partial charge in [0, 0.05) is 43.7 Å². The minimum atomic E-state index is -1.37. The molecule has 4 amide bonds. The number of carbonyl (C=O) groups is 4. The summed E-state index contributed by atoms with van der Waals surface area (Å²) in [7, 11) is 3.16. The highest BCUT2D eigenvalue weighted by Crippen LogP contribution is 2.65. The third-order valence-corrected chi connectivity index (χ3v) is 14.9. The first-order chi connectivity index (χ1) is 25.8. The number of carbonyl (C=O) groups excluding carboxylic acids is 4. The number of hydrogen-bond acceptors (Lipinski definition) is 9. The zero-order valence-corrected chi connectivity index (χ0v) is 33.6. The summed E-state index contributed by atoms with van der Waals surface area (Å²) in [6.07, 6.45) is 2.48. The molecule has 276 valence electrons. The molecule has 0 radical (unpaired) electrons. The minimum Gasteiger partial charge on any atom is -0.504 e. The Bertz CT molecular complexity index is 2490. The summed E-state index contributed by atoms with van der Waals surface area (Å²) in [4.78, 5) is 62.7. The SMILES string of the molecule is COc1cc(Br)cc([C@H]2C3=CC[C@@H]4C(=O)N(Cc5cccs5)C(=O)[C@@H]4[C@@H]3C[C@H]3C(=O)N(c4cc(-c5sc6ccc(Cl)cc6c5C)nn4C)C(=O)[C@@]23C)c1O. The molecule has 1 N–H and O–H groups in total. The molecule has 2 aliphatic carbocycles. The molecule has 0 bridgehead atoms. The summed E-state index contributed by atoms with van der Waals surface area (Å²) in [5.74, 6) is -4.43. The average molecular weight is 846 g/mol. The van der Waals surface area contributed by atoms with Crippen LogP contribution in [0, 0.1) is 36.0 Å². The number of rotatable bonds is 6. The number of aryl methyl sites for hydroxylation is 2. The molecule has 3 aromatic heterocycles. The third kappa shape index (κ3) is 4.97. The van der Waals surface area contributed by atoms with Crippen molar-refractivity contribution in [2.75, 3.05) is 12.0 Å². The molecular weight excluding hydrogens is 812 g/mol. The summed E-state index contributed by atoms with van der Waals surface area (Å²) >= 11 is 12.9. The first-order valence-corrected chi connectivity index (χ1v) is 20.5. The fraction of sp³-hybridized carbons (Fsp3) is 0.325. The minimum absolute atomic E-state index is 0.149. The number of phenols is 1. The lowest BCUT2D eigenvalue weighted by Gasteiger charge is -2.49. The number of imide groups is 2. The number of allylic oxidation sites excluding steroid dienone is 2. The Morgan fingerprint density at radius 1 is 1.07 bits per heavy atom. The first kappa shape index (κ1) is 35.4. The topological polar surface area (TPSA) is 122 Å². The van der Waals surface area contributed by atoms with E-state index in [9.17, 15) is 19.5 Å². The van der Waals surface area contributed by atoms with Gasteiger partial charge in [0.25, 0.3) is 0 Å². The van der Waals surface area contributed by atoms with Gasteiger partial charge in [-0.25, -0.2) is 4.90 Å². The first-order valence-electron chi connectivity index (χ1n) is 17.6. The number of nitrogens with zero attached hydrogens (tertiary/aromatic N) is 4. The van der Waals surface area contributed by atoms with Gasteiger partial charge in [-0.15, -0.1) is 22.7 Å². The van der Waals surface area contributed by atoms with E-state index in [1.54, 1.807) is 48.2 Å². The quantitative estimate of drug-likeness (QED) is 0.135. The van der Waals surface area contributed by atoms with E-state index in [4.69, 9.17) is 21.4 Å². The van der Waals surface area contributed by atoms with Crippen molar-refractivity contribution in [3.8, 4) is 22.1 Å². The van der Waals surface area contributed by atoms with Gasteiger partial charge in [0.1, 0.15) is 11.5 Å². The van der Waals surface area contributed by atoms with Crippen molar-refractivity contribution in [1.82, 2.24) is 14.7 Å². The smallest absolute Gasteiger partial charge is 0.242 e. The van der Waals surface area contributed by atoms with Gasteiger partial charge in [0.15, 0.2) is 11.5 Å². The number of methoxy groups -OCH3 is 1. The Labute approximate surface area is 332 Å². The van der Waals surface area contributed by atoms with Crippen LogP contribution in [0.15, 0.2) is 70.0 Å². The van der Waals surface area contributed by atoms with Crippen molar-refractivity contribution in [2.24, 2.45) is 36.1 Å². The number of anilines is 1. The molecule has 9 rings (SSSR count). The predicted molar refractivity (Wildman–Crippen MR) is 211 cm³/mol. The van der Waals surface area contributed by atoms with Gasteiger partial charge in [-0.1, -0.05) is 45.2 Å². The maximum atomic E-state index is 15.2. The number of thiophene rings is 2. The Balaban J connectivity index is 1.17. The second-order valence-corrected chi connectivity index (χ2v) is 18.2. The molecule has 4 aliphatic rings. The van der Waals surface area contributed by atoms with Crippen LogP contribution in [0.2, 0.25) is 5.02 Å². The van der Waals surface area contributed by atoms with Crippen LogP contribution < -0.4 is 9.64 Å². The molecule has 2 aliphatic heterocycles. The van der Waals surface area contributed by atoms with Crippen LogP contribution in [0.25, 0.3) is 20.7 Å². The van der Waals surface area contributed by atoms with Crippen molar-refractivity contribution in [2.45, 2.75) is 39.2 Å². The van der Waals surface area contributed by atoms with Crippen LogP contribution >= 0.6 is 50.2 Å². The highest BCUT2D eigenvalue weighted by molar-refractivity contribution is 9.10. The molecule has 10 nitrogen and oxygen atoms in total. The van der Waals surface area contributed by atoms with Crippen LogP contribution in [-0.2, 0) is 32.8 Å². The van der Waals surface area contributed by atoms with E-state index in [1.165, 1.54) is 28.2 Å². The zero-order chi connectivity index (χ0) is 38.0. The molecule has 5 heterocycles. The maximum Gasteiger partial charge on any atom is 0.242 e. The number of aromatic hydroxyl groups is 1. The van der Waals surface area contributed by atoms with Crippen LogP contribution in [-0.4, -0.2) is 50.5 Å². The summed E-state index contributed by atoms with van der Waals surface area (Å²) in [6.45, 7) is 3.99. The monoisotopic (exact) mass is 844 g/mol. The number of fused-ring (bicyclic) bond motifs is 5. The molecule has 0 spiro atoms. The standard InChI is InChI=1S/C40H34BrClN4O6S2/c1-18-24-14-20(42)7-10-30(24)54-35(18)28-16-31(44(3)43-28)46-37(49)27-15-25-22(8-9-23-32(25)38(50)45(36(23)48)17-21-6-5-11-53-21)33(40(27,2)39(46)51)26-12-19(41)13-29(52-4)34(26)47/h5-8,10-14,16,23,25,27,32-33,47H,9,15,17H2,1-4H3/t23-,25+,27-,32-,33+,40+/m0/s1. The third-order valence-electron chi connectivity index (χ3n) is 12.1. The van der Waals surface area contributed by atoms with E-state index in [0.29, 0.717) is 33.0 Å². The summed E-state index contributed by atoms with van der Waals surface area (Å²) in [5.41, 5.74) is 1.43. The van der Waals surface area contributed by atoms with Gasteiger partial charge < -0.3 is 9.84 Å². The number of hydrogen-bond donors (Lipinski definition) is 1. The number of ether oxygens (including phenoxy) is 1. The number of aromatic nitrogens is 2. The second-order valence-electron chi connectivity index (χ2n) is 14.8. The van der Waals surface area contributed by atoms with Crippen LogP contribution in [0.3, 0.4) is 0 Å². The second kappa shape index (κ2) is 12.6. The lowest BCUT2D eigenvalue weighted by Crippen LogP contribution is -2.49. The maximum absolute atomic E-state index is 15.2. The van der Waals surface area contributed by atoms with E-state index >= 15 is 4.79 Å². The largest absolute Gasteiger partial charge is 0.504 e. The predicted octanol–water partition coefficient (Wildman–Crippen LogP) is 8.23. The van der Waals surface area contributed by atoms with E-state index in [-0.39, 0.29) is 36.3 Å². The van der Waals surface area contributed by atoms with Gasteiger partial charge in [-0.2, -0.15) is 5.10 Å². The highest BCUT2D eigenvalue weighted by atomic mass is 79.9. The molecule has 6 atom stereocenters. The van der Waals surface area contributed by atoms with Crippen molar-refractivity contribution in [1.29, 1.82) is 0 Å². The van der Waals surface area contributed by atoms with E-state index in [1.807, 2.05) is 48.7 Å². The fourth-order valence-electron chi connectivity index (χ4n) is 9.54. The van der Waals surface area contributed by atoms with Crippen LogP contribution in [0.4, 0.5) is 5.82 Å². The molecular formula is C40H34BrClN4O6S2. The molecule has 1 saturated carbocycles. The number of amides is 4.